The van der Waals surface area contributed by atoms with Gasteiger partial charge >= 0.3 is 0 Å². The SMILES string of the molecule is Cc1ccccc1NC(=O)c1ccco1. The van der Waals surface area contributed by atoms with Gasteiger partial charge in [0, 0.05) is 5.69 Å². The molecule has 0 aliphatic rings. The van der Waals surface area contributed by atoms with Crippen LogP contribution in [-0.2, 0) is 0 Å². The molecule has 3 nitrogen and oxygen atoms in total. The molecule has 15 heavy (non-hydrogen) atoms. The van der Waals surface area contributed by atoms with E-state index in [1.54, 1.807) is 12.1 Å². The summed E-state index contributed by atoms with van der Waals surface area (Å²) >= 11 is 0. The Balaban J connectivity index is 2.17. The van der Waals surface area contributed by atoms with Crippen LogP contribution in [0.2, 0.25) is 0 Å². The Labute approximate surface area is 87.7 Å². The first-order valence-corrected chi connectivity index (χ1v) is 4.68. The van der Waals surface area contributed by atoms with Crippen molar-refractivity contribution in [1.82, 2.24) is 0 Å². The van der Waals surface area contributed by atoms with Crippen molar-refractivity contribution in [3.8, 4) is 0 Å². The molecule has 3 heteroatoms. The molecule has 0 aliphatic carbocycles. The highest BCUT2D eigenvalue weighted by atomic mass is 16.3. The molecule has 0 aliphatic heterocycles. The third-order valence-electron chi connectivity index (χ3n) is 2.14. The van der Waals surface area contributed by atoms with Gasteiger partial charge < -0.3 is 9.73 Å². The number of amides is 1. The fourth-order valence-electron chi connectivity index (χ4n) is 1.30. The van der Waals surface area contributed by atoms with Gasteiger partial charge in [-0.1, -0.05) is 18.2 Å². The van der Waals surface area contributed by atoms with Crippen molar-refractivity contribution in [3.05, 3.63) is 54.0 Å². The Kier molecular flexibility index (Phi) is 2.54. The molecule has 0 unspecified atom stereocenters. The van der Waals surface area contributed by atoms with Gasteiger partial charge in [0.05, 0.1) is 6.26 Å². The van der Waals surface area contributed by atoms with Crippen molar-refractivity contribution in [2.24, 2.45) is 0 Å². The smallest absolute Gasteiger partial charge is 0.291 e. The summed E-state index contributed by atoms with van der Waals surface area (Å²) in [6.07, 6.45) is 1.48. The molecule has 0 fully saturated rings. The van der Waals surface area contributed by atoms with Crippen molar-refractivity contribution in [1.29, 1.82) is 0 Å². The summed E-state index contributed by atoms with van der Waals surface area (Å²) in [6.45, 7) is 1.94. The molecule has 1 amide bonds. The van der Waals surface area contributed by atoms with E-state index in [0.717, 1.165) is 11.3 Å². The van der Waals surface area contributed by atoms with Gasteiger partial charge in [0.15, 0.2) is 5.76 Å². The molecule has 0 bridgehead atoms. The monoisotopic (exact) mass is 201 g/mol. The number of carbonyl (C=O) groups excluding carboxylic acids is 1. The van der Waals surface area contributed by atoms with Crippen LogP contribution < -0.4 is 5.32 Å². The Morgan fingerprint density at radius 2 is 2.00 bits per heavy atom. The Morgan fingerprint density at radius 1 is 1.20 bits per heavy atom. The predicted octanol–water partition coefficient (Wildman–Crippen LogP) is 2.84. The molecule has 0 atom stereocenters. The number of hydrogen-bond acceptors (Lipinski definition) is 2. The van der Waals surface area contributed by atoms with Gasteiger partial charge in [-0.3, -0.25) is 4.79 Å². The van der Waals surface area contributed by atoms with E-state index in [0.29, 0.717) is 5.76 Å². The molecule has 0 spiro atoms. The summed E-state index contributed by atoms with van der Waals surface area (Å²) in [5, 5.41) is 2.78. The average molecular weight is 201 g/mol. The third kappa shape index (κ3) is 2.07. The highest BCUT2D eigenvalue weighted by Gasteiger charge is 2.08. The zero-order valence-corrected chi connectivity index (χ0v) is 8.36. The van der Waals surface area contributed by atoms with E-state index in [1.165, 1.54) is 6.26 Å². The second-order valence-corrected chi connectivity index (χ2v) is 3.25. The first-order chi connectivity index (χ1) is 7.27. The minimum Gasteiger partial charge on any atom is -0.459 e. The first kappa shape index (κ1) is 9.52. The fourth-order valence-corrected chi connectivity index (χ4v) is 1.30. The Morgan fingerprint density at radius 3 is 2.67 bits per heavy atom. The lowest BCUT2D eigenvalue weighted by molar-refractivity contribution is 0.0996. The summed E-state index contributed by atoms with van der Waals surface area (Å²) < 4.78 is 5.00. The summed E-state index contributed by atoms with van der Waals surface area (Å²) in [4.78, 5) is 11.6. The number of nitrogens with one attached hydrogen (secondary N) is 1. The molecule has 1 aromatic carbocycles. The number of anilines is 1. The molecular formula is C12H11NO2. The lowest BCUT2D eigenvalue weighted by Crippen LogP contribution is -2.11. The first-order valence-electron chi connectivity index (χ1n) is 4.68. The summed E-state index contributed by atoms with van der Waals surface area (Å²) in [5.74, 6) is 0.0903. The number of furan rings is 1. The van der Waals surface area contributed by atoms with Gasteiger partial charge in [-0.2, -0.15) is 0 Å². The highest BCUT2D eigenvalue weighted by molar-refractivity contribution is 6.02. The van der Waals surface area contributed by atoms with Crippen LogP contribution in [-0.4, -0.2) is 5.91 Å². The topological polar surface area (TPSA) is 42.2 Å². The maximum Gasteiger partial charge on any atom is 0.291 e. The van der Waals surface area contributed by atoms with E-state index in [4.69, 9.17) is 4.42 Å². The fraction of sp³-hybridized carbons (Fsp3) is 0.0833. The molecule has 0 saturated carbocycles. The van der Waals surface area contributed by atoms with Crippen LogP contribution in [0.15, 0.2) is 47.1 Å². The van der Waals surface area contributed by atoms with Crippen LogP contribution >= 0.6 is 0 Å². The second kappa shape index (κ2) is 4.00. The van der Waals surface area contributed by atoms with Gasteiger partial charge in [-0.15, -0.1) is 0 Å². The van der Waals surface area contributed by atoms with Crippen molar-refractivity contribution in [2.45, 2.75) is 6.92 Å². The lowest BCUT2D eigenvalue weighted by atomic mass is 10.2. The maximum atomic E-state index is 11.6. The zero-order chi connectivity index (χ0) is 10.7. The lowest BCUT2D eigenvalue weighted by Gasteiger charge is -2.05. The molecule has 2 rings (SSSR count). The van der Waals surface area contributed by atoms with Crippen molar-refractivity contribution < 1.29 is 9.21 Å². The molecule has 0 radical (unpaired) electrons. The summed E-state index contributed by atoms with van der Waals surface area (Å²) in [6, 6.07) is 10.9. The second-order valence-electron chi connectivity index (χ2n) is 3.25. The number of carbonyl (C=O) groups is 1. The molecule has 2 aromatic rings. The Hall–Kier alpha value is -2.03. The van der Waals surface area contributed by atoms with E-state index < -0.39 is 0 Å². The quantitative estimate of drug-likeness (QED) is 0.811. The molecule has 0 saturated heterocycles. The van der Waals surface area contributed by atoms with E-state index in [-0.39, 0.29) is 5.91 Å². The molecule has 1 heterocycles. The van der Waals surface area contributed by atoms with Gasteiger partial charge in [0.2, 0.25) is 0 Å². The van der Waals surface area contributed by atoms with E-state index in [1.807, 2.05) is 31.2 Å². The van der Waals surface area contributed by atoms with Crippen LogP contribution in [0.4, 0.5) is 5.69 Å². The van der Waals surface area contributed by atoms with Crippen molar-refractivity contribution in [3.63, 3.8) is 0 Å². The largest absolute Gasteiger partial charge is 0.459 e. The van der Waals surface area contributed by atoms with Crippen molar-refractivity contribution in [2.75, 3.05) is 5.32 Å². The summed E-state index contributed by atoms with van der Waals surface area (Å²) in [7, 11) is 0. The molecule has 1 aromatic heterocycles. The van der Waals surface area contributed by atoms with Gasteiger partial charge in [-0.25, -0.2) is 0 Å². The molecule has 1 N–H and O–H groups in total. The summed E-state index contributed by atoms with van der Waals surface area (Å²) in [5.41, 5.74) is 1.83. The zero-order valence-electron chi connectivity index (χ0n) is 8.36. The minimum atomic E-state index is -0.227. The average Bonchev–Trinajstić information content (AvgIpc) is 2.74. The number of aryl methyl sites for hydroxylation is 1. The normalized spacial score (nSPS) is 9.93. The van der Waals surface area contributed by atoms with Gasteiger partial charge in [0.1, 0.15) is 0 Å². The maximum absolute atomic E-state index is 11.6. The minimum absolute atomic E-state index is 0.227. The van der Waals surface area contributed by atoms with Crippen LogP contribution in [0, 0.1) is 6.92 Å². The highest BCUT2D eigenvalue weighted by Crippen LogP contribution is 2.14. The molecular weight excluding hydrogens is 190 g/mol. The van der Waals surface area contributed by atoms with E-state index >= 15 is 0 Å². The number of para-hydroxylation sites is 1. The Bertz CT molecular complexity index is 460. The van der Waals surface area contributed by atoms with Crippen LogP contribution in [0.25, 0.3) is 0 Å². The van der Waals surface area contributed by atoms with Crippen LogP contribution in [0.1, 0.15) is 16.1 Å². The van der Waals surface area contributed by atoms with Crippen molar-refractivity contribution >= 4 is 11.6 Å². The number of benzene rings is 1. The van der Waals surface area contributed by atoms with Gasteiger partial charge in [0.25, 0.3) is 5.91 Å². The molecule has 76 valence electrons. The predicted molar refractivity (Wildman–Crippen MR) is 57.8 cm³/mol. The van der Waals surface area contributed by atoms with Gasteiger partial charge in [-0.05, 0) is 30.7 Å². The number of hydrogen-bond donors (Lipinski definition) is 1. The number of rotatable bonds is 2. The van der Waals surface area contributed by atoms with Crippen LogP contribution in [0.5, 0.6) is 0 Å². The van der Waals surface area contributed by atoms with Crippen LogP contribution in [0.3, 0.4) is 0 Å². The van der Waals surface area contributed by atoms with E-state index in [9.17, 15) is 4.79 Å². The third-order valence-corrected chi connectivity index (χ3v) is 2.14. The van der Waals surface area contributed by atoms with E-state index in [2.05, 4.69) is 5.32 Å². The standard InChI is InChI=1S/C12H11NO2/c1-9-5-2-3-6-10(9)13-12(14)11-7-4-8-15-11/h2-8H,1H3,(H,13,14).